The first-order valence-electron chi connectivity index (χ1n) is 5.11. The second-order valence-electron chi connectivity index (χ2n) is 3.62. The van der Waals surface area contributed by atoms with Gasteiger partial charge in [-0.2, -0.15) is 4.98 Å². The van der Waals surface area contributed by atoms with Gasteiger partial charge in [0.1, 0.15) is 11.6 Å². The van der Waals surface area contributed by atoms with Crippen LogP contribution in [0.25, 0.3) is 0 Å². The van der Waals surface area contributed by atoms with Crippen LogP contribution in [0.1, 0.15) is 11.4 Å². The van der Waals surface area contributed by atoms with E-state index in [2.05, 4.69) is 9.97 Å². The van der Waals surface area contributed by atoms with Gasteiger partial charge < -0.3 is 10.5 Å². The monoisotopic (exact) mass is 233 g/mol. The summed E-state index contributed by atoms with van der Waals surface area (Å²) < 4.78 is 18.8. The van der Waals surface area contributed by atoms with Crippen LogP contribution in [0.4, 0.5) is 10.2 Å². The van der Waals surface area contributed by atoms with Crippen LogP contribution < -0.4 is 10.5 Å². The van der Waals surface area contributed by atoms with E-state index in [1.54, 1.807) is 26.0 Å². The highest BCUT2D eigenvalue weighted by Crippen LogP contribution is 2.27. The van der Waals surface area contributed by atoms with Crippen molar-refractivity contribution >= 4 is 5.82 Å². The minimum Gasteiger partial charge on any atom is -0.435 e. The molecule has 1 heterocycles. The average molecular weight is 233 g/mol. The molecule has 0 atom stereocenters. The molecule has 0 aliphatic rings. The normalized spacial score (nSPS) is 10.3. The van der Waals surface area contributed by atoms with E-state index in [0.717, 1.165) is 0 Å². The van der Waals surface area contributed by atoms with Gasteiger partial charge in [-0.15, -0.1) is 0 Å². The molecule has 0 unspecified atom stereocenters. The van der Waals surface area contributed by atoms with Crippen LogP contribution in [0.2, 0.25) is 0 Å². The second-order valence-corrected chi connectivity index (χ2v) is 3.62. The van der Waals surface area contributed by atoms with Gasteiger partial charge in [-0.1, -0.05) is 12.1 Å². The van der Waals surface area contributed by atoms with Crippen molar-refractivity contribution in [3.05, 3.63) is 41.5 Å². The van der Waals surface area contributed by atoms with Crippen molar-refractivity contribution in [1.29, 1.82) is 0 Å². The number of nitrogens with zero attached hydrogens (tertiary/aromatic N) is 2. The number of rotatable bonds is 2. The largest absolute Gasteiger partial charge is 0.435 e. The molecule has 0 saturated carbocycles. The number of nitrogens with two attached hydrogens (primary N) is 1. The van der Waals surface area contributed by atoms with Crippen molar-refractivity contribution in [2.45, 2.75) is 13.8 Å². The van der Waals surface area contributed by atoms with Crippen LogP contribution in [0.5, 0.6) is 11.6 Å². The highest BCUT2D eigenvalue weighted by atomic mass is 19.1. The number of para-hydroxylation sites is 1. The van der Waals surface area contributed by atoms with Crippen LogP contribution in [0, 0.1) is 19.7 Å². The Bertz CT molecular complexity index is 557. The summed E-state index contributed by atoms with van der Waals surface area (Å²) >= 11 is 0. The number of ether oxygens (including phenoxy) is 1. The lowest BCUT2D eigenvalue weighted by Crippen LogP contribution is -2.02. The summed E-state index contributed by atoms with van der Waals surface area (Å²) in [6.45, 7) is 3.43. The predicted octanol–water partition coefficient (Wildman–Crippen LogP) is 2.61. The summed E-state index contributed by atoms with van der Waals surface area (Å²) in [5.74, 6) is 0.776. The van der Waals surface area contributed by atoms with Gasteiger partial charge in [0.15, 0.2) is 11.6 Å². The summed E-state index contributed by atoms with van der Waals surface area (Å²) in [4.78, 5) is 8.08. The number of hydrogen-bond donors (Lipinski definition) is 1. The number of nitrogen functional groups attached to an aromatic ring is 1. The minimum absolute atomic E-state index is 0.119. The van der Waals surface area contributed by atoms with Crippen LogP contribution in [-0.2, 0) is 0 Å². The molecule has 2 aromatic rings. The molecule has 88 valence electrons. The number of hydrogen-bond acceptors (Lipinski definition) is 4. The van der Waals surface area contributed by atoms with Crippen molar-refractivity contribution in [2.24, 2.45) is 0 Å². The molecule has 0 aliphatic heterocycles. The molecule has 1 aromatic carbocycles. The lowest BCUT2D eigenvalue weighted by Gasteiger charge is -2.10. The van der Waals surface area contributed by atoms with E-state index < -0.39 is 5.82 Å². The van der Waals surface area contributed by atoms with Gasteiger partial charge in [0.05, 0.1) is 5.56 Å². The van der Waals surface area contributed by atoms with Crippen LogP contribution in [-0.4, -0.2) is 9.97 Å². The number of benzene rings is 1. The predicted molar refractivity (Wildman–Crippen MR) is 62.4 cm³/mol. The Morgan fingerprint density at radius 2 is 1.88 bits per heavy atom. The van der Waals surface area contributed by atoms with E-state index >= 15 is 0 Å². The fraction of sp³-hybridized carbons (Fsp3) is 0.167. The topological polar surface area (TPSA) is 61.0 Å². The summed E-state index contributed by atoms with van der Waals surface area (Å²) in [7, 11) is 0. The quantitative estimate of drug-likeness (QED) is 0.866. The Labute approximate surface area is 98.3 Å². The Hall–Kier alpha value is -2.17. The molecule has 0 radical (unpaired) electrons. The SMILES string of the molecule is Cc1nc(N)c(C)c(Oc2ccccc2F)n1. The third-order valence-corrected chi connectivity index (χ3v) is 2.29. The number of aryl methyl sites for hydroxylation is 1. The van der Waals surface area contributed by atoms with Crippen molar-refractivity contribution in [2.75, 3.05) is 5.73 Å². The Morgan fingerprint density at radius 3 is 2.59 bits per heavy atom. The molecular formula is C12H12FN3O. The molecule has 0 amide bonds. The first kappa shape index (κ1) is 11.3. The lowest BCUT2D eigenvalue weighted by atomic mass is 10.3. The summed E-state index contributed by atoms with van der Waals surface area (Å²) in [6.07, 6.45) is 0. The molecule has 2 N–H and O–H groups in total. The third-order valence-electron chi connectivity index (χ3n) is 2.29. The van der Waals surface area contributed by atoms with E-state index in [0.29, 0.717) is 17.2 Å². The van der Waals surface area contributed by atoms with Gasteiger partial charge in [-0.3, -0.25) is 0 Å². The number of anilines is 1. The molecule has 4 nitrogen and oxygen atoms in total. The Balaban J connectivity index is 2.40. The van der Waals surface area contributed by atoms with Gasteiger partial charge in [-0.25, -0.2) is 9.37 Å². The molecule has 0 saturated heterocycles. The van der Waals surface area contributed by atoms with Gasteiger partial charge in [-0.05, 0) is 26.0 Å². The highest BCUT2D eigenvalue weighted by Gasteiger charge is 2.11. The van der Waals surface area contributed by atoms with Crippen LogP contribution >= 0.6 is 0 Å². The molecule has 0 fully saturated rings. The molecule has 0 bridgehead atoms. The van der Waals surface area contributed by atoms with Crippen LogP contribution in [0.3, 0.4) is 0 Å². The van der Waals surface area contributed by atoms with E-state index in [4.69, 9.17) is 10.5 Å². The molecular weight excluding hydrogens is 221 g/mol. The first-order chi connectivity index (χ1) is 8.08. The van der Waals surface area contributed by atoms with Crippen molar-refractivity contribution in [3.8, 4) is 11.6 Å². The number of aromatic nitrogens is 2. The summed E-state index contributed by atoms with van der Waals surface area (Å²) in [6, 6.07) is 6.13. The average Bonchev–Trinajstić information content (AvgIpc) is 2.28. The Morgan fingerprint density at radius 1 is 1.18 bits per heavy atom. The molecule has 1 aromatic heterocycles. The van der Waals surface area contributed by atoms with Crippen molar-refractivity contribution in [3.63, 3.8) is 0 Å². The van der Waals surface area contributed by atoms with Gasteiger partial charge >= 0.3 is 0 Å². The minimum atomic E-state index is -0.443. The molecule has 5 heteroatoms. The first-order valence-corrected chi connectivity index (χ1v) is 5.11. The van der Waals surface area contributed by atoms with E-state index in [9.17, 15) is 4.39 Å². The highest BCUT2D eigenvalue weighted by molar-refractivity contribution is 5.45. The summed E-state index contributed by atoms with van der Waals surface area (Å²) in [5, 5.41) is 0. The maximum absolute atomic E-state index is 13.4. The third kappa shape index (κ3) is 2.33. The van der Waals surface area contributed by atoms with Crippen molar-refractivity contribution < 1.29 is 9.13 Å². The molecule has 0 spiro atoms. The van der Waals surface area contributed by atoms with Gasteiger partial charge in [0.25, 0.3) is 0 Å². The van der Waals surface area contributed by atoms with E-state index in [-0.39, 0.29) is 11.6 Å². The zero-order valence-electron chi connectivity index (χ0n) is 9.57. The number of halogens is 1. The van der Waals surface area contributed by atoms with E-state index in [1.807, 2.05) is 0 Å². The standard InChI is InChI=1S/C12H12FN3O/c1-7-11(14)15-8(2)16-12(7)17-10-6-4-3-5-9(10)13/h3-6H,1-2H3,(H2,14,15,16). The molecule has 0 aliphatic carbocycles. The zero-order valence-corrected chi connectivity index (χ0v) is 9.57. The fourth-order valence-electron chi connectivity index (χ4n) is 1.35. The van der Waals surface area contributed by atoms with Crippen molar-refractivity contribution in [1.82, 2.24) is 9.97 Å². The Kier molecular flexibility index (Phi) is 2.91. The second kappa shape index (κ2) is 4.37. The fourth-order valence-corrected chi connectivity index (χ4v) is 1.35. The van der Waals surface area contributed by atoms with Gasteiger partial charge in [0, 0.05) is 0 Å². The maximum atomic E-state index is 13.4. The maximum Gasteiger partial charge on any atom is 0.227 e. The van der Waals surface area contributed by atoms with Gasteiger partial charge in [0.2, 0.25) is 5.88 Å². The lowest BCUT2D eigenvalue weighted by molar-refractivity contribution is 0.422. The smallest absolute Gasteiger partial charge is 0.227 e. The van der Waals surface area contributed by atoms with E-state index in [1.165, 1.54) is 12.1 Å². The summed E-state index contributed by atoms with van der Waals surface area (Å²) in [5.41, 5.74) is 6.28. The zero-order chi connectivity index (χ0) is 12.4. The molecule has 2 rings (SSSR count). The molecule has 17 heavy (non-hydrogen) atoms. The van der Waals surface area contributed by atoms with Crippen LogP contribution in [0.15, 0.2) is 24.3 Å².